The molecular formula is C15H20N2O4. The number of aliphatic carboxylic acids is 1. The van der Waals surface area contributed by atoms with Crippen LogP contribution in [0.15, 0.2) is 24.5 Å². The third kappa shape index (κ3) is 3.93. The number of hydrogen-bond acceptors (Lipinski definition) is 4. The fourth-order valence-corrected chi connectivity index (χ4v) is 2.09. The van der Waals surface area contributed by atoms with Crippen LogP contribution in [-0.4, -0.2) is 38.7 Å². The van der Waals surface area contributed by atoms with Crippen molar-refractivity contribution in [3.8, 4) is 0 Å². The van der Waals surface area contributed by atoms with E-state index in [0.717, 1.165) is 12.8 Å². The lowest BCUT2D eigenvalue weighted by Gasteiger charge is -2.31. The normalized spacial score (nSPS) is 16.1. The third-order valence-corrected chi connectivity index (χ3v) is 3.06. The van der Waals surface area contributed by atoms with Gasteiger partial charge in [0, 0.05) is 24.0 Å². The Morgan fingerprint density at radius 2 is 2.10 bits per heavy atom. The number of ether oxygens (including phenoxy) is 1. The molecule has 21 heavy (non-hydrogen) atoms. The maximum atomic E-state index is 12.4. The van der Waals surface area contributed by atoms with Gasteiger partial charge in [-0.1, -0.05) is 6.07 Å². The summed E-state index contributed by atoms with van der Waals surface area (Å²) in [5, 5.41) is 9.54. The second-order valence-electron chi connectivity index (χ2n) is 6.15. The van der Waals surface area contributed by atoms with E-state index in [4.69, 9.17) is 4.74 Å². The van der Waals surface area contributed by atoms with Gasteiger partial charge in [0.25, 0.3) is 0 Å². The number of carboxylic acid groups (broad SMARTS) is 1. The molecule has 1 saturated carbocycles. The van der Waals surface area contributed by atoms with Crippen molar-refractivity contribution in [1.29, 1.82) is 0 Å². The Morgan fingerprint density at radius 1 is 1.43 bits per heavy atom. The average Bonchev–Trinajstić information content (AvgIpc) is 3.18. The lowest BCUT2D eigenvalue weighted by molar-refractivity contribution is -0.143. The van der Waals surface area contributed by atoms with Crippen LogP contribution in [0.3, 0.4) is 0 Å². The first-order valence-corrected chi connectivity index (χ1v) is 6.93. The number of amides is 1. The molecule has 0 saturated heterocycles. The van der Waals surface area contributed by atoms with Gasteiger partial charge in [0.15, 0.2) is 6.04 Å². The van der Waals surface area contributed by atoms with Crippen LogP contribution in [0.2, 0.25) is 0 Å². The van der Waals surface area contributed by atoms with E-state index in [2.05, 4.69) is 4.98 Å². The summed E-state index contributed by atoms with van der Waals surface area (Å²) >= 11 is 0. The predicted molar refractivity (Wildman–Crippen MR) is 75.7 cm³/mol. The van der Waals surface area contributed by atoms with Crippen molar-refractivity contribution in [1.82, 2.24) is 9.88 Å². The zero-order valence-corrected chi connectivity index (χ0v) is 12.4. The Bertz CT molecular complexity index is 520. The monoisotopic (exact) mass is 292 g/mol. The van der Waals surface area contributed by atoms with Gasteiger partial charge >= 0.3 is 12.1 Å². The fraction of sp³-hybridized carbons (Fsp3) is 0.533. The molecule has 1 N–H and O–H groups in total. The molecule has 1 heterocycles. The van der Waals surface area contributed by atoms with E-state index in [1.54, 1.807) is 39.1 Å². The summed E-state index contributed by atoms with van der Waals surface area (Å²) in [5.74, 6) is -1.08. The summed E-state index contributed by atoms with van der Waals surface area (Å²) in [6, 6.07) is 2.17. The molecule has 1 atom stereocenters. The molecular weight excluding hydrogens is 272 g/mol. The summed E-state index contributed by atoms with van der Waals surface area (Å²) in [7, 11) is 0. The molecule has 0 unspecified atom stereocenters. The number of aromatic nitrogens is 1. The van der Waals surface area contributed by atoms with Gasteiger partial charge in [0.1, 0.15) is 5.60 Å². The van der Waals surface area contributed by atoms with Crippen molar-refractivity contribution in [3.63, 3.8) is 0 Å². The molecule has 0 radical (unpaired) electrons. The molecule has 1 aromatic rings. The predicted octanol–water partition coefficient (Wildman–Crippen LogP) is 2.61. The molecule has 0 spiro atoms. The van der Waals surface area contributed by atoms with E-state index in [1.807, 2.05) is 0 Å². The maximum Gasteiger partial charge on any atom is 0.411 e. The van der Waals surface area contributed by atoms with E-state index < -0.39 is 23.7 Å². The van der Waals surface area contributed by atoms with Gasteiger partial charge in [-0.15, -0.1) is 0 Å². The third-order valence-electron chi connectivity index (χ3n) is 3.06. The van der Waals surface area contributed by atoms with Crippen molar-refractivity contribution < 1.29 is 19.4 Å². The van der Waals surface area contributed by atoms with E-state index in [9.17, 15) is 14.7 Å². The standard InChI is InChI=1S/C15H20N2O4/c1-15(2,3)21-14(20)17(11-6-7-11)12(13(18)19)10-5-4-8-16-9-10/h4-5,8-9,11-12H,6-7H2,1-3H3,(H,18,19)/t12-/m1/s1. The second-order valence-corrected chi connectivity index (χ2v) is 6.15. The van der Waals surface area contributed by atoms with E-state index >= 15 is 0 Å². The highest BCUT2D eigenvalue weighted by Gasteiger charge is 2.43. The smallest absolute Gasteiger partial charge is 0.411 e. The number of carboxylic acids is 1. The summed E-state index contributed by atoms with van der Waals surface area (Å²) in [5.41, 5.74) is -0.190. The van der Waals surface area contributed by atoms with Gasteiger partial charge in [0.2, 0.25) is 0 Å². The van der Waals surface area contributed by atoms with Crippen molar-refractivity contribution in [2.75, 3.05) is 0 Å². The van der Waals surface area contributed by atoms with Gasteiger partial charge in [-0.3, -0.25) is 9.88 Å². The zero-order chi connectivity index (χ0) is 15.6. The van der Waals surface area contributed by atoms with E-state index in [0.29, 0.717) is 5.56 Å². The number of rotatable bonds is 4. The van der Waals surface area contributed by atoms with Crippen LogP contribution >= 0.6 is 0 Å². The minimum Gasteiger partial charge on any atom is -0.479 e. The van der Waals surface area contributed by atoms with Crippen molar-refractivity contribution in [3.05, 3.63) is 30.1 Å². The summed E-state index contributed by atoms with van der Waals surface area (Å²) < 4.78 is 5.36. The molecule has 1 fully saturated rings. The van der Waals surface area contributed by atoms with Gasteiger partial charge in [-0.05, 0) is 39.7 Å². The number of pyridine rings is 1. The average molecular weight is 292 g/mol. The van der Waals surface area contributed by atoms with Crippen LogP contribution in [-0.2, 0) is 9.53 Å². The highest BCUT2D eigenvalue weighted by atomic mass is 16.6. The molecule has 1 amide bonds. The molecule has 1 aromatic heterocycles. The van der Waals surface area contributed by atoms with Crippen LogP contribution in [0.5, 0.6) is 0 Å². The Balaban J connectivity index is 2.30. The number of nitrogens with zero attached hydrogens (tertiary/aromatic N) is 2. The molecule has 6 heteroatoms. The number of hydrogen-bond donors (Lipinski definition) is 1. The molecule has 0 bridgehead atoms. The molecule has 0 aromatic carbocycles. The molecule has 1 aliphatic carbocycles. The lowest BCUT2D eigenvalue weighted by atomic mass is 10.1. The minimum atomic E-state index is -1.08. The van der Waals surface area contributed by atoms with Gasteiger partial charge in [-0.25, -0.2) is 9.59 Å². The van der Waals surface area contributed by atoms with E-state index in [1.165, 1.54) is 11.1 Å². The quantitative estimate of drug-likeness (QED) is 0.922. The molecule has 6 nitrogen and oxygen atoms in total. The van der Waals surface area contributed by atoms with Crippen LogP contribution < -0.4 is 0 Å². The first kappa shape index (κ1) is 15.3. The maximum absolute atomic E-state index is 12.4. The summed E-state index contributed by atoms with van der Waals surface area (Å²) in [6.07, 6.45) is 4.03. The van der Waals surface area contributed by atoms with Crippen LogP contribution in [0.1, 0.15) is 45.2 Å². The van der Waals surface area contributed by atoms with Crippen LogP contribution in [0.4, 0.5) is 4.79 Å². The van der Waals surface area contributed by atoms with Gasteiger partial charge in [-0.2, -0.15) is 0 Å². The van der Waals surface area contributed by atoms with E-state index in [-0.39, 0.29) is 6.04 Å². The molecule has 0 aliphatic heterocycles. The first-order chi connectivity index (χ1) is 9.79. The number of carbonyl (C=O) groups is 2. The molecule has 114 valence electrons. The van der Waals surface area contributed by atoms with Gasteiger partial charge < -0.3 is 9.84 Å². The highest BCUT2D eigenvalue weighted by molar-refractivity contribution is 5.82. The zero-order valence-electron chi connectivity index (χ0n) is 12.4. The Kier molecular flexibility index (Phi) is 4.16. The topological polar surface area (TPSA) is 79.7 Å². The first-order valence-electron chi connectivity index (χ1n) is 6.93. The van der Waals surface area contributed by atoms with Crippen LogP contribution in [0, 0.1) is 0 Å². The minimum absolute atomic E-state index is 0.0823. The Labute approximate surface area is 123 Å². The van der Waals surface area contributed by atoms with Crippen molar-refractivity contribution in [2.45, 2.75) is 51.3 Å². The highest BCUT2D eigenvalue weighted by Crippen LogP contribution is 2.35. The fourth-order valence-electron chi connectivity index (χ4n) is 2.09. The number of carbonyl (C=O) groups excluding carboxylic acids is 1. The largest absolute Gasteiger partial charge is 0.479 e. The second kappa shape index (κ2) is 5.71. The van der Waals surface area contributed by atoms with Gasteiger partial charge in [0.05, 0.1) is 0 Å². The molecule has 2 rings (SSSR count). The lowest BCUT2D eigenvalue weighted by Crippen LogP contribution is -2.43. The van der Waals surface area contributed by atoms with Crippen molar-refractivity contribution >= 4 is 12.1 Å². The Hall–Kier alpha value is -2.11. The Morgan fingerprint density at radius 3 is 2.52 bits per heavy atom. The van der Waals surface area contributed by atoms with Crippen molar-refractivity contribution in [2.24, 2.45) is 0 Å². The SMILES string of the molecule is CC(C)(C)OC(=O)N(C1CC1)[C@@H](C(=O)O)c1cccnc1. The molecule has 1 aliphatic rings. The van der Waals surface area contributed by atoms with Crippen LogP contribution in [0.25, 0.3) is 0 Å². The summed E-state index contributed by atoms with van der Waals surface area (Å²) in [6.45, 7) is 5.28. The summed E-state index contributed by atoms with van der Waals surface area (Å²) in [4.78, 5) is 29.3.